The Morgan fingerprint density at radius 3 is 2.95 bits per heavy atom. The van der Waals surface area contributed by atoms with E-state index in [1.165, 1.54) is 0 Å². The molecule has 0 radical (unpaired) electrons. The maximum absolute atomic E-state index is 9.37. The summed E-state index contributed by atoms with van der Waals surface area (Å²) < 4.78 is 8.60. The van der Waals surface area contributed by atoms with Gasteiger partial charge in [-0.2, -0.15) is 14.0 Å². The number of hydrogen-bond donors (Lipinski definition) is 1. The second kappa shape index (κ2) is 5.85. The summed E-state index contributed by atoms with van der Waals surface area (Å²) in [4.78, 5) is 4.42. The molecule has 0 aliphatic rings. The van der Waals surface area contributed by atoms with Gasteiger partial charge in [-0.25, -0.2) is 4.98 Å². The fraction of sp³-hybridized carbons (Fsp3) is 0.200. The van der Waals surface area contributed by atoms with E-state index in [9.17, 15) is 5.26 Å². The number of rotatable bonds is 4. The molecule has 0 fully saturated rings. The zero-order chi connectivity index (χ0) is 14.7. The molecule has 0 atom stereocenters. The van der Waals surface area contributed by atoms with Crippen molar-refractivity contribution in [3.63, 3.8) is 0 Å². The summed E-state index contributed by atoms with van der Waals surface area (Å²) in [6.07, 6.45) is 0.998. The van der Waals surface area contributed by atoms with Crippen LogP contribution in [0.4, 0.5) is 5.82 Å². The van der Waals surface area contributed by atoms with Crippen molar-refractivity contribution in [2.24, 2.45) is 0 Å². The third-order valence-electron chi connectivity index (χ3n) is 3.12. The molecule has 0 saturated carbocycles. The Hall–Kier alpha value is -2.52. The summed E-state index contributed by atoms with van der Waals surface area (Å²) in [5.74, 6) is 0.718. The van der Waals surface area contributed by atoms with E-state index in [-0.39, 0.29) is 0 Å². The maximum atomic E-state index is 9.37. The monoisotopic (exact) mass is 295 g/mol. The highest BCUT2D eigenvalue weighted by molar-refractivity contribution is 6.99. The Labute approximate surface area is 126 Å². The molecule has 0 aliphatic heterocycles. The number of aromatic nitrogens is 3. The van der Waals surface area contributed by atoms with Gasteiger partial charge in [-0.1, -0.05) is 25.1 Å². The van der Waals surface area contributed by atoms with Crippen molar-refractivity contribution in [3.8, 4) is 17.3 Å². The number of nitriles is 1. The van der Waals surface area contributed by atoms with Crippen molar-refractivity contribution < 1.29 is 0 Å². The molecule has 0 unspecified atom stereocenters. The van der Waals surface area contributed by atoms with Gasteiger partial charge in [-0.3, -0.25) is 0 Å². The first-order chi connectivity index (χ1) is 10.3. The molecule has 3 rings (SSSR count). The van der Waals surface area contributed by atoms with Crippen LogP contribution in [0.25, 0.3) is 22.2 Å². The van der Waals surface area contributed by atoms with Gasteiger partial charge in [-0.05, 0) is 18.6 Å². The number of nitrogens with zero attached hydrogens (tertiary/aromatic N) is 4. The highest BCUT2D eigenvalue weighted by Crippen LogP contribution is 2.30. The molecule has 6 heteroatoms. The first kappa shape index (κ1) is 13.5. The highest BCUT2D eigenvalue weighted by atomic mass is 32.1. The average molecular weight is 295 g/mol. The summed E-state index contributed by atoms with van der Waals surface area (Å²) in [5, 5.41) is 13.6. The lowest BCUT2D eigenvalue weighted by Crippen LogP contribution is -2.02. The van der Waals surface area contributed by atoms with Gasteiger partial charge in [-0.15, -0.1) is 0 Å². The van der Waals surface area contributed by atoms with E-state index in [0.29, 0.717) is 11.4 Å². The topological polar surface area (TPSA) is 74.5 Å². The Balaban J connectivity index is 2.15. The molecular weight excluding hydrogens is 282 g/mol. The summed E-state index contributed by atoms with van der Waals surface area (Å²) in [6, 6.07) is 11.9. The highest BCUT2D eigenvalue weighted by Gasteiger charge is 2.16. The third kappa shape index (κ3) is 2.56. The minimum absolute atomic E-state index is 0.376. The van der Waals surface area contributed by atoms with Crippen LogP contribution in [0.1, 0.15) is 19.0 Å². The number of hydrogen-bond acceptors (Lipinski definition) is 6. The van der Waals surface area contributed by atoms with Gasteiger partial charge in [0.15, 0.2) is 11.5 Å². The quantitative estimate of drug-likeness (QED) is 0.798. The summed E-state index contributed by atoms with van der Waals surface area (Å²) >= 11 is 1.14. The number of nitrogens with one attached hydrogen (secondary N) is 1. The second-order valence-electron chi connectivity index (χ2n) is 4.58. The molecule has 2 heterocycles. The minimum Gasteiger partial charge on any atom is -0.367 e. The molecule has 0 bridgehead atoms. The molecule has 1 N–H and O–H groups in total. The van der Waals surface area contributed by atoms with E-state index in [1.807, 2.05) is 30.3 Å². The lowest BCUT2D eigenvalue weighted by atomic mass is 10.1. The van der Waals surface area contributed by atoms with Crippen LogP contribution < -0.4 is 5.32 Å². The molecule has 104 valence electrons. The summed E-state index contributed by atoms with van der Waals surface area (Å²) in [5.41, 5.74) is 2.61. The van der Waals surface area contributed by atoms with Gasteiger partial charge in [0.2, 0.25) is 0 Å². The fourth-order valence-corrected chi connectivity index (χ4v) is 2.65. The van der Waals surface area contributed by atoms with Crippen LogP contribution in [0.3, 0.4) is 0 Å². The number of anilines is 1. The molecule has 0 aliphatic carbocycles. The van der Waals surface area contributed by atoms with Crippen LogP contribution in [0.2, 0.25) is 0 Å². The Morgan fingerprint density at radius 2 is 2.14 bits per heavy atom. The number of fused-ring (bicyclic) bond motifs is 1. The van der Waals surface area contributed by atoms with E-state index >= 15 is 0 Å². The van der Waals surface area contributed by atoms with Gasteiger partial charge >= 0.3 is 0 Å². The van der Waals surface area contributed by atoms with Gasteiger partial charge < -0.3 is 5.32 Å². The van der Waals surface area contributed by atoms with Crippen molar-refractivity contribution in [1.82, 2.24) is 13.7 Å². The molecular formula is C15H13N5S. The van der Waals surface area contributed by atoms with Crippen LogP contribution >= 0.6 is 11.7 Å². The molecule has 1 aromatic carbocycles. The van der Waals surface area contributed by atoms with E-state index in [1.54, 1.807) is 0 Å². The van der Waals surface area contributed by atoms with Crippen LogP contribution in [0.5, 0.6) is 0 Å². The SMILES string of the molecule is CCCNc1nsnc1-c1cc2ccccc2nc1C#N. The fourth-order valence-electron chi connectivity index (χ4n) is 2.11. The van der Waals surface area contributed by atoms with Crippen LogP contribution in [0.15, 0.2) is 30.3 Å². The molecule has 21 heavy (non-hydrogen) atoms. The zero-order valence-electron chi connectivity index (χ0n) is 11.5. The molecule has 0 spiro atoms. The molecule has 2 aromatic heterocycles. The van der Waals surface area contributed by atoms with Crippen LogP contribution in [-0.4, -0.2) is 20.3 Å². The van der Waals surface area contributed by atoms with Crippen molar-refractivity contribution in [2.75, 3.05) is 11.9 Å². The van der Waals surface area contributed by atoms with Crippen molar-refractivity contribution in [2.45, 2.75) is 13.3 Å². The molecule has 0 amide bonds. The maximum Gasteiger partial charge on any atom is 0.168 e. The van der Waals surface area contributed by atoms with E-state index < -0.39 is 0 Å². The Bertz CT molecular complexity index is 818. The number of benzene rings is 1. The average Bonchev–Trinajstić information content (AvgIpc) is 2.99. The van der Waals surface area contributed by atoms with Crippen LogP contribution in [-0.2, 0) is 0 Å². The van der Waals surface area contributed by atoms with Gasteiger partial charge in [0.1, 0.15) is 11.8 Å². The summed E-state index contributed by atoms with van der Waals surface area (Å²) in [6.45, 7) is 2.91. The van der Waals surface area contributed by atoms with Crippen molar-refractivity contribution in [3.05, 3.63) is 36.0 Å². The summed E-state index contributed by atoms with van der Waals surface area (Å²) in [7, 11) is 0. The van der Waals surface area contributed by atoms with Crippen molar-refractivity contribution in [1.29, 1.82) is 5.26 Å². The molecule has 0 saturated heterocycles. The third-order valence-corrected chi connectivity index (χ3v) is 3.64. The standard InChI is InChI=1S/C15H13N5S/c1-2-7-17-15-14(19-21-20-15)11-8-10-5-3-4-6-12(10)18-13(11)9-16/h3-6,8H,2,7H2,1H3,(H,17,20). The molecule has 3 aromatic rings. The van der Waals surface area contributed by atoms with Crippen LogP contribution in [0, 0.1) is 11.3 Å². The van der Waals surface area contributed by atoms with Gasteiger partial charge in [0, 0.05) is 17.5 Å². The van der Waals surface area contributed by atoms with E-state index in [2.05, 4.69) is 32.0 Å². The van der Waals surface area contributed by atoms with E-state index in [4.69, 9.17) is 0 Å². The first-order valence-electron chi connectivity index (χ1n) is 6.70. The van der Waals surface area contributed by atoms with Gasteiger partial charge in [0.05, 0.1) is 17.2 Å². The second-order valence-corrected chi connectivity index (χ2v) is 5.11. The predicted molar refractivity (Wildman–Crippen MR) is 84.1 cm³/mol. The van der Waals surface area contributed by atoms with E-state index in [0.717, 1.165) is 47.0 Å². The molecule has 5 nitrogen and oxygen atoms in total. The lowest BCUT2D eigenvalue weighted by molar-refractivity contribution is 0.974. The Kier molecular flexibility index (Phi) is 3.75. The number of para-hydroxylation sites is 1. The number of pyridine rings is 1. The Morgan fingerprint density at radius 1 is 1.29 bits per heavy atom. The largest absolute Gasteiger partial charge is 0.367 e. The lowest BCUT2D eigenvalue weighted by Gasteiger charge is -2.06. The smallest absolute Gasteiger partial charge is 0.168 e. The normalized spacial score (nSPS) is 10.5. The minimum atomic E-state index is 0.376. The van der Waals surface area contributed by atoms with Crippen molar-refractivity contribution >= 4 is 28.4 Å². The first-order valence-corrected chi connectivity index (χ1v) is 7.43. The zero-order valence-corrected chi connectivity index (χ0v) is 12.3. The van der Waals surface area contributed by atoms with Gasteiger partial charge in [0.25, 0.3) is 0 Å². The predicted octanol–water partition coefficient (Wildman–Crippen LogP) is 3.45.